The molecule has 0 spiro atoms. The number of benzene rings is 2. The van der Waals surface area contributed by atoms with Crippen molar-refractivity contribution in [2.45, 2.75) is 13.1 Å². The number of likely N-dealkylation sites (N-methyl/N-ethyl adjacent to an activating group) is 1. The lowest BCUT2D eigenvalue weighted by Gasteiger charge is -2.38. The third-order valence-electron chi connectivity index (χ3n) is 5.62. The van der Waals surface area contributed by atoms with E-state index in [0.29, 0.717) is 22.4 Å². The summed E-state index contributed by atoms with van der Waals surface area (Å²) in [6, 6.07) is 4.95. The van der Waals surface area contributed by atoms with Gasteiger partial charge in [0.15, 0.2) is 0 Å². The average Bonchev–Trinajstić information content (AvgIpc) is 3.25. The maximum atomic E-state index is 15.1. The quantitative estimate of drug-likeness (QED) is 0.158. The summed E-state index contributed by atoms with van der Waals surface area (Å²) in [6.45, 7) is 1.53. The molecule has 0 aliphatic carbocycles. The second-order valence-corrected chi connectivity index (χ2v) is 9.25. The first-order valence-corrected chi connectivity index (χ1v) is 11.5. The summed E-state index contributed by atoms with van der Waals surface area (Å²) in [7, 11) is 1.15. The predicted molar refractivity (Wildman–Crippen MR) is 133 cm³/mol. The van der Waals surface area contributed by atoms with E-state index in [0.717, 1.165) is 24.1 Å². The van der Waals surface area contributed by atoms with Crippen molar-refractivity contribution in [2.24, 2.45) is 0 Å². The molecular weight excluding hydrogens is 579 g/mol. The van der Waals surface area contributed by atoms with Crippen LogP contribution in [0.2, 0.25) is 15.1 Å². The first-order valence-electron chi connectivity index (χ1n) is 10.4. The summed E-state index contributed by atoms with van der Waals surface area (Å²) >= 11 is 18.4. The van der Waals surface area contributed by atoms with Gasteiger partial charge in [-0.1, -0.05) is 34.8 Å². The number of fused-ring (bicyclic) bond motifs is 1. The second kappa shape index (κ2) is 9.61. The fourth-order valence-electron chi connectivity index (χ4n) is 4.00. The number of nitrogens with zero attached hydrogens (tertiary/aromatic N) is 3. The maximum absolute atomic E-state index is 15.1. The molecule has 1 aromatic heterocycles. The molecule has 0 bridgehead atoms. The number of carbonyl (C=O) groups excluding carboxylic acids is 2. The molecule has 0 unspecified atom stereocenters. The summed E-state index contributed by atoms with van der Waals surface area (Å²) in [4.78, 5) is 36.9. The Kier molecular flexibility index (Phi) is 6.93. The molecule has 1 N–H and O–H groups in total. The molecule has 2 heterocycles. The molecule has 1 aliphatic heterocycles. The van der Waals surface area contributed by atoms with Gasteiger partial charge in [0.25, 0.3) is 17.5 Å². The van der Waals surface area contributed by atoms with E-state index in [1.54, 1.807) is 0 Å². The number of anilines is 1. The molecule has 0 saturated heterocycles. The Morgan fingerprint density at radius 3 is 2.16 bits per heavy atom. The number of carbonyl (C=O) groups is 2. The molecule has 0 radical (unpaired) electrons. The van der Waals surface area contributed by atoms with Gasteiger partial charge in [0, 0.05) is 36.0 Å². The zero-order valence-corrected chi connectivity index (χ0v) is 21.4. The SMILES string of the molecule is CNC(=O)/C(F)=C1\c2cc(Cl)cc(C)c2N1C(=O)c1cc(C(F)(F)F)cn1-c1c(Cl)cc([N+](=O)[O-])cc1Cl. The van der Waals surface area contributed by atoms with Crippen LogP contribution in [-0.2, 0) is 11.0 Å². The zero-order valence-electron chi connectivity index (χ0n) is 19.1. The monoisotopic (exact) mass is 590 g/mol. The van der Waals surface area contributed by atoms with E-state index in [1.165, 1.54) is 19.1 Å². The number of non-ortho nitro benzene ring substituents is 1. The highest BCUT2D eigenvalue weighted by atomic mass is 35.5. The summed E-state index contributed by atoms with van der Waals surface area (Å²) in [5.74, 6) is -3.73. The van der Waals surface area contributed by atoms with Gasteiger partial charge in [-0.2, -0.15) is 17.6 Å². The van der Waals surface area contributed by atoms with Crippen molar-refractivity contribution in [3.05, 3.63) is 89.9 Å². The van der Waals surface area contributed by atoms with E-state index >= 15 is 4.39 Å². The number of nitro benzene ring substituents is 1. The van der Waals surface area contributed by atoms with Gasteiger partial charge >= 0.3 is 6.18 Å². The van der Waals surface area contributed by atoms with E-state index in [1.807, 2.05) is 0 Å². The largest absolute Gasteiger partial charge is 0.417 e. The van der Waals surface area contributed by atoms with Gasteiger partial charge in [0.1, 0.15) is 11.4 Å². The van der Waals surface area contributed by atoms with Gasteiger partial charge in [-0.25, -0.2) is 0 Å². The number of nitrogens with one attached hydrogen (secondary N) is 1. The standard InChI is InChI=1S/C23H13Cl3F4N4O4/c1-9-3-11(24)5-13-18(9)33(19(13)17(27)21(35)31-2)22(36)16-4-10(23(28,29)30)8-32(16)20-14(25)6-12(34(37)38)7-15(20)26/h3-8H,1-2H3,(H,31,35)/b19-17-. The predicted octanol–water partition coefficient (Wildman–Crippen LogP) is 6.72. The van der Waals surface area contributed by atoms with Gasteiger partial charge in [-0.3, -0.25) is 24.6 Å². The molecule has 4 rings (SSSR count). The summed E-state index contributed by atoms with van der Waals surface area (Å²) in [6.07, 6.45) is -4.40. The molecule has 1 aliphatic rings. The normalized spacial score (nSPS) is 14.1. The van der Waals surface area contributed by atoms with Crippen LogP contribution in [0.25, 0.3) is 11.4 Å². The van der Waals surface area contributed by atoms with E-state index in [-0.39, 0.29) is 22.0 Å². The van der Waals surface area contributed by atoms with Crippen molar-refractivity contribution in [2.75, 3.05) is 11.9 Å². The molecule has 2 aromatic carbocycles. The maximum Gasteiger partial charge on any atom is 0.417 e. The lowest BCUT2D eigenvalue weighted by molar-refractivity contribution is -0.384. The Morgan fingerprint density at radius 2 is 1.63 bits per heavy atom. The van der Waals surface area contributed by atoms with Crippen LogP contribution in [0.15, 0.2) is 42.4 Å². The number of aryl methyl sites for hydroxylation is 1. The molecule has 0 fully saturated rings. The van der Waals surface area contributed by atoms with E-state index in [2.05, 4.69) is 5.32 Å². The topological polar surface area (TPSA) is 97.5 Å². The number of hydrogen-bond acceptors (Lipinski definition) is 4. The Labute approximate surface area is 226 Å². The Morgan fingerprint density at radius 1 is 1.03 bits per heavy atom. The lowest BCUT2D eigenvalue weighted by atomic mass is 9.93. The van der Waals surface area contributed by atoms with E-state index in [4.69, 9.17) is 34.8 Å². The number of halogens is 7. The molecule has 8 nitrogen and oxygen atoms in total. The van der Waals surface area contributed by atoms with Gasteiger partial charge in [0.2, 0.25) is 5.83 Å². The smallest absolute Gasteiger partial charge is 0.353 e. The van der Waals surface area contributed by atoms with Crippen molar-refractivity contribution >= 4 is 63.7 Å². The first-order chi connectivity index (χ1) is 17.7. The number of hydrogen-bond donors (Lipinski definition) is 1. The van der Waals surface area contributed by atoms with Crippen molar-refractivity contribution in [3.8, 4) is 5.69 Å². The second-order valence-electron chi connectivity index (χ2n) is 8.00. The fourth-order valence-corrected chi connectivity index (χ4v) is 4.93. The van der Waals surface area contributed by atoms with Crippen LogP contribution < -0.4 is 10.2 Å². The summed E-state index contributed by atoms with van der Waals surface area (Å²) in [5.41, 5.74) is -2.80. The van der Waals surface area contributed by atoms with Crippen LogP contribution in [0.4, 0.5) is 28.9 Å². The van der Waals surface area contributed by atoms with Crippen LogP contribution in [0.5, 0.6) is 0 Å². The summed E-state index contributed by atoms with van der Waals surface area (Å²) in [5, 5.41) is 12.5. The fraction of sp³-hybridized carbons (Fsp3) is 0.130. The minimum absolute atomic E-state index is 0.0880. The molecule has 15 heteroatoms. The number of amides is 2. The van der Waals surface area contributed by atoms with Crippen LogP contribution in [0, 0.1) is 17.0 Å². The van der Waals surface area contributed by atoms with Crippen molar-refractivity contribution in [3.63, 3.8) is 0 Å². The van der Waals surface area contributed by atoms with Crippen molar-refractivity contribution in [1.29, 1.82) is 0 Å². The number of alkyl halides is 3. The molecular formula is C23H13Cl3F4N4O4. The highest BCUT2D eigenvalue weighted by molar-refractivity contribution is 6.38. The zero-order chi connectivity index (χ0) is 28.3. The Balaban J connectivity index is 1.98. The van der Waals surface area contributed by atoms with E-state index < -0.39 is 61.4 Å². The molecule has 2 amide bonds. The molecule has 3 aromatic rings. The van der Waals surface area contributed by atoms with Gasteiger partial charge in [-0.15, -0.1) is 0 Å². The molecule has 0 atom stereocenters. The summed E-state index contributed by atoms with van der Waals surface area (Å²) < 4.78 is 56.9. The van der Waals surface area contributed by atoms with Crippen LogP contribution in [-0.4, -0.2) is 28.4 Å². The lowest BCUT2D eigenvalue weighted by Crippen LogP contribution is -2.40. The van der Waals surface area contributed by atoms with Gasteiger partial charge in [0.05, 0.1) is 31.9 Å². The minimum atomic E-state index is -4.93. The van der Waals surface area contributed by atoms with Gasteiger partial charge in [-0.05, 0) is 30.7 Å². The van der Waals surface area contributed by atoms with Gasteiger partial charge < -0.3 is 9.88 Å². The average molecular weight is 592 g/mol. The van der Waals surface area contributed by atoms with Crippen LogP contribution in [0.3, 0.4) is 0 Å². The van der Waals surface area contributed by atoms with Crippen LogP contribution >= 0.6 is 34.8 Å². The Hall–Kier alpha value is -3.61. The van der Waals surface area contributed by atoms with Crippen molar-refractivity contribution < 1.29 is 32.1 Å². The number of rotatable bonds is 4. The Bertz CT molecular complexity index is 1560. The molecule has 38 heavy (non-hydrogen) atoms. The number of aromatic nitrogens is 1. The third-order valence-corrected chi connectivity index (χ3v) is 6.42. The van der Waals surface area contributed by atoms with Crippen molar-refractivity contribution in [1.82, 2.24) is 9.88 Å². The van der Waals surface area contributed by atoms with Crippen LogP contribution in [0.1, 0.15) is 27.2 Å². The highest BCUT2D eigenvalue weighted by Crippen LogP contribution is 2.49. The van der Waals surface area contributed by atoms with E-state index in [9.17, 15) is 32.9 Å². The first kappa shape index (κ1) is 27.4. The minimum Gasteiger partial charge on any atom is -0.353 e. The number of nitro groups is 1. The third kappa shape index (κ3) is 4.48. The molecule has 0 saturated carbocycles. The molecule has 198 valence electrons. The highest BCUT2D eigenvalue weighted by Gasteiger charge is 2.43.